The average Bonchev–Trinajstić information content (AvgIpc) is 2.51. The number of hydrogen-bond donors (Lipinski definition) is 1. The van der Waals surface area contributed by atoms with Gasteiger partial charge >= 0.3 is 5.97 Å². The Hall–Kier alpha value is -1.42. The Morgan fingerprint density at radius 2 is 1.78 bits per heavy atom. The Morgan fingerprint density at radius 1 is 1.09 bits per heavy atom. The maximum absolute atomic E-state index is 10.6. The Kier molecular flexibility index (Phi) is 6.17. The Morgan fingerprint density at radius 3 is 2.43 bits per heavy atom. The molecule has 0 aliphatic carbocycles. The molecule has 0 atom stereocenters. The summed E-state index contributed by atoms with van der Waals surface area (Å²) < 4.78 is 0. The lowest BCUT2D eigenvalue weighted by Crippen LogP contribution is -1.91. The maximum atomic E-state index is 10.6. The summed E-state index contributed by atoms with van der Waals surface area (Å²) in [7, 11) is 0. The minimum atomic E-state index is -1.03. The van der Waals surface area contributed by atoms with E-state index in [4.69, 9.17) is 28.3 Å². The summed E-state index contributed by atoms with van der Waals surface area (Å²) in [4.78, 5) is 12.6. The molecule has 0 aliphatic rings. The van der Waals surface area contributed by atoms with E-state index in [1.54, 1.807) is 17.8 Å². The number of carbonyl (C=O) groups is 1. The predicted molar refractivity (Wildman–Crippen MR) is 97.8 cm³/mol. The summed E-state index contributed by atoms with van der Waals surface area (Å²) in [6.45, 7) is 4.29. The highest BCUT2D eigenvalue weighted by Gasteiger charge is 2.13. The van der Waals surface area contributed by atoms with Crippen molar-refractivity contribution in [3.05, 3.63) is 63.6 Å². The number of halogens is 2. The van der Waals surface area contributed by atoms with Gasteiger partial charge in [0.2, 0.25) is 0 Å². The summed E-state index contributed by atoms with van der Waals surface area (Å²) >= 11 is 14.2. The fourth-order valence-electron chi connectivity index (χ4n) is 2.08. The smallest absolute Gasteiger partial charge is 0.328 e. The molecule has 0 radical (unpaired) electrons. The fraction of sp³-hybridized carbons (Fsp3) is 0.167. The third-order valence-electron chi connectivity index (χ3n) is 3.24. The Labute approximate surface area is 150 Å². The van der Waals surface area contributed by atoms with Gasteiger partial charge in [-0.3, -0.25) is 0 Å². The minimum absolute atomic E-state index is 0.358. The molecule has 0 unspecified atom stereocenters. The first-order valence-electron chi connectivity index (χ1n) is 7.06. The maximum Gasteiger partial charge on any atom is 0.328 e. The van der Waals surface area contributed by atoms with Crippen molar-refractivity contribution in [1.29, 1.82) is 0 Å². The van der Waals surface area contributed by atoms with E-state index in [1.807, 2.05) is 18.2 Å². The third kappa shape index (κ3) is 4.54. The number of benzene rings is 2. The van der Waals surface area contributed by atoms with Crippen LogP contribution in [0.15, 0.2) is 52.3 Å². The van der Waals surface area contributed by atoms with Crippen molar-refractivity contribution in [3.63, 3.8) is 0 Å². The molecule has 0 amide bonds. The topological polar surface area (TPSA) is 37.3 Å². The summed E-state index contributed by atoms with van der Waals surface area (Å²) in [6.07, 6.45) is 2.48. The van der Waals surface area contributed by atoms with Crippen LogP contribution in [0.25, 0.3) is 6.08 Å². The fourth-order valence-corrected chi connectivity index (χ4v) is 3.79. The summed E-state index contributed by atoms with van der Waals surface area (Å²) in [5.74, 6) is -0.618. The van der Waals surface area contributed by atoms with Crippen molar-refractivity contribution >= 4 is 47.0 Å². The van der Waals surface area contributed by atoms with Gasteiger partial charge in [-0.25, -0.2) is 4.79 Å². The molecule has 0 aliphatic heterocycles. The van der Waals surface area contributed by atoms with Gasteiger partial charge in [0.15, 0.2) is 0 Å². The highest BCUT2D eigenvalue weighted by Crippen LogP contribution is 2.41. The molecule has 2 nitrogen and oxygen atoms in total. The van der Waals surface area contributed by atoms with Gasteiger partial charge in [-0.2, -0.15) is 0 Å². The van der Waals surface area contributed by atoms with E-state index in [-0.39, 0.29) is 0 Å². The van der Waals surface area contributed by atoms with Crippen LogP contribution < -0.4 is 0 Å². The van der Waals surface area contributed by atoms with Crippen LogP contribution in [-0.4, -0.2) is 11.1 Å². The number of rotatable bonds is 5. The number of hydrogen-bond acceptors (Lipinski definition) is 2. The van der Waals surface area contributed by atoms with Gasteiger partial charge < -0.3 is 5.11 Å². The van der Waals surface area contributed by atoms with Crippen LogP contribution in [0.4, 0.5) is 0 Å². The zero-order valence-electron chi connectivity index (χ0n) is 12.7. The van der Waals surface area contributed by atoms with Crippen LogP contribution in [-0.2, 0) is 4.79 Å². The van der Waals surface area contributed by atoms with Crippen molar-refractivity contribution in [2.75, 3.05) is 0 Å². The van der Waals surface area contributed by atoms with E-state index < -0.39 is 5.97 Å². The zero-order valence-corrected chi connectivity index (χ0v) is 15.0. The van der Waals surface area contributed by atoms with Crippen molar-refractivity contribution in [1.82, 2.24) is 0 Å². The van der Waals surface area contributed by atoms with Crippen LogP contribution >= 0.6 is 35.0 Å². The monoisotopic (exact) mass is 366 g/mol. The molecule has 0 spiro atoms. The minimum Gasteiger partial charge on any atom is -0.478 e. The normalized spacial score (nSPS) is 11.3. The van der Waals surface area contributed by atoms with Crippen LogP contribution in [0.1, 0.15) is 30.9 Å². The molecule has 0 bridgehead atoms. The molecule has 0 saturated heterocycles. The zero-order chi connectivity index (χ0) is 17.0. The molecule has 120 valence electrons. The van der Waals surface area contributed by atoms with Gasteiger partial charge in [-0.1, -0.05) is 73.1 Å². The van der Waals surface area contributed by atoms with Crippen LogP contribution in [0.5, 0.6) is 0 Å². The van der Waals surface area contributed by atoms with Gasteiger partial charge in [0.05, 0.1) is 10.0 Å². The summed E-state index contributed by atoms with van der Waals surface area (Å²) in [6, 6.07) is 11.8. The quantitative estimate of drug-likeness (QED) is 0.624. The molecule has 5 heteroatoms. The summed E-state index contributed by atoms with van der Waals surface area (Å²) in [5, 5.41) is 9.49. The number of carboxylic acids is 1. The highest BCUT2D eigenvalue weighted by atomic mass is 35.5. The molecular weight excluding hydrogens is 351 g/mol. The van der Waals surface area contributed by atoms with Gasteiger partial charge in [0.25, 0.3) is 0 Å². The molecule has 0 heterocycles. The first-order chi connectivity index (χ1) is 10.9. The van der Waals surface area contributed by atoms with E-state index in [1.165, 1.54) is 11.6 Å². The van der Waals surface area contributed by atoms with Gasteiger partial charge in [-0.15, -0.1) is 0 Å². The second-order valence-corrected chi connectivity index (χ2v) is 7.09. The summed E-state index contributed by atoms with van der Waals surface area (Å²) in [5.41, 5.74) is 1.83. The van der Waals surface area contributed by atoms with E-state index in [9.17, 15) is 4.79 Å². The second kappa shape index (κ2) is 7.91. The number of carboxylic acid groups (broad SMARTS) is 1. The van der Waals surface area contributed by atoms with Crippen LogP contribution in [0.3, 0.4) is 0 Å². The van der Waals surface area contributed by atoms with Gasteiger partial charge in [0, 0.05) is 15.9 Å². The average molecular weight is 367 g/mol. The van der Waals surface area contributed by atoms with Crippen LogP contribution in [0, 0.1) is 0 Å². The standard InChI is InChI=1S/C18H16Cl2O2S/c1-11(2)13-5-3-4-6-14(13)23-15-9-7-12(8-10-16(21)22)17(19)18(15)20/h3-11H,1-2H3,(H,21,22)/b10-8+. The lowest BCUT2D eigenvalue weighted by Gasteiger charge is -2.13. The molecule has 2 aromatic rings. The molecule has 0 fully saturated rings. The number of aliphatic carboxylic acids is 1. The Balaban J connectivity index is 2.36. The molecule has 0 saturated carbocycles. The van der Waals surface area contributed by atoms with Gasteiger partial charge in [-0.05, 0) is 35.3 Å². The lowest BCUT2D eigenvalue weighted by molar-refractivity contribution is -0.131. The van der Waals surface area contributed by atoms with E-state index >= 15 is 0 Å². The highest BCUT2D eigenvalue weighted by molar-refractivity contribution is 7.99. The van der Waals surface area contributed by atoms with Gasteiger partial charge in [0.1, 0.15) is 0 Å². The first-order valence-corrected chi connectivity index (χ1v) is 8.63. The molecule has 0 aromatic heterocycles. The van der Waals surface area contributed by atoms with Crippen molar-refractivity contribution in [3.8, 4) is 0 Å². The van der Waals surface area contributed by atoms with Crippen molar-refractivity contribution in [2.24, 2.45) is 0 Å². The lowest BCUT2D eigenvalue weighted by atomic mass is 10.0. The molecule has 2 rings (SSSR count). The Bertz CT molecular complexity index is 755. The second-order valence-electron chi connectivity index (χ2n) is 5.25. The molecule has 2 aromatic carbocycles. The SMILES string of the molecule is CC(C)c1ccccc1Sc1ccc(/C=C/C(=O)O)c(Cl)c1Cl. The molecule has 1 N–H and O–H groups in total. The first kappa shape index (κ1) is 17.9. The van der Waals surface area contributed by atoms with E-state index in [0.29, 0.717) is 21.5 Å². The van der Waals surface area contributed by atoms with E-state index in [2.05, 4.69) is 26.0 Å². The van der Waals surface area contributed by atoms with Crippen molar-refractivity contribution in [2.45, 2.75) is 29.6 Å². The van der Waals surface area contributed by atoms with Crippen molar-refractivity contribution < 1.29 is 9.90 Å². The molecular formula is C18H16Cl2O2S. The molecule has 23 heavy (non-hydrogen) atoms. The third-order valence-corrected chi connectivity index (χ3v) is 5.40. The van der Waals surface area contributed by atoms with E-state index in [0.717, 1.165) is 15.9 Å². The van der Waals surface area contributed by atoms with Crippen LogP contribution in [0.2, 0.25) is 10.0 Å². The largest absolute Gasteiger partial charge is 0.478 e. The predicted octanol–water partition coefficient (Wildman–Crippen LogP) is 6.37.